The van der Waals surface area contributed by atoms with Gasteiger partial charge in [-0.15, -0.1) is 11.3 Å². The van der Waals surface area contributed by atoms with E-state index < -0.39 is 0 Å². The molecule has 0 aromatic carbocycles. The maximum Gasteiger partial charge on any atom is 0.278 e. The van der Waals surface area contributed by atoms with E-state index in [0.29, 0.717) is 6.54 Å². The third-order valence-electron chi connectivity index (χ3n) is 4.50. The van der Waals surface area contributed by atoms with Gasteiger partial charge in [-0.1, -0.05) is 6.07 Å². The molecule has 0 bridgehead atoms. The number of hydrogen-bond donors (Lipinski definition) is 2. The van der Waals surface area contributed by atoms with Gasteiger partial charge < -0.3 is 15.1 Å². The van der Waals surface area contributed by atoms with Crippen molar-refractivity contribution in [3.8, 4) is 0 Å². The van der Waals surface area contributed by atoms with Crippen LogP contribution in [0.5, 0.6) is 0 Å². The van der Waals surface area contributed by atoms with Gasteiger partial charge in [-0.25, -0.2) is 9.97 Å². The Hall–Kier alpha value is -1.99. The molecule has 24 heavy (non-hydrogen) atoms. The highest BCUT2D eigenvalue weighted by Gasteiger charge is 2.29. The number of piperazine rings is 1. The molecule has 1 saturated heterocycles. The van der Waals surface area contributed by atoms with Crippen LogP contribution in [0.25, 0.3) is 0 Å². The predicted molar refractivity (Wildman–Crippen MR) is 95.4 cm³/mol. The molecule has 2 N–H and O–H groups in total. The lowest BCUT2D eigenvalue weighted by Crippen LogP contribution is -3.19. The molecule has 3 rings (SSSR count). The predicted octanol–water partition coefficient (Wildman–Crippen LogP) is -0.00960. The maximum absolute atomic E-state index is 12.4. The van der Waals surface area contributed by atoms with Crippen molar-refractivity contribution in [1.82, 2.24) is 15.3 Å². The van der Waals surface area contributed by atoms with Crippen LogP contribution in [0.15, 0.2) is 36.0 Å². The van der Waals surface area contributed by atoms with Gasteiger partial charge in [0.2, 0.25) is 5.95 Å². The molecule has 0 saturated carbocycles. The minimum Gasteiger partial charge on any atom is -0.351 e. The fraction of sp³-hybridized carbons (Fsp3) is 0.471. The number of carbonyl (C=O) groups is 1. The first-order valence-corrected chi connectivity index (χ1v) is 9.28. The van der Waals surface area contributed by atoms with Gasteiger partial charge in [0, 0.05) is 23.8 Å². The highest BCUT2D eigenvalue weighted by molar-refractivity contribution is 7.09. The number of hydrogen-bond acceptors (Lipinski definition) is 5. The Morgan fingerprint density at radius 1 is 1.33 bits per heavy atom. The molecule has 2 aromatic rings. The Balaban J connectivity index is 1.42. The van der Waals surface area contributed by atoms with Crippen molar-refractivity contribution < 1.29 is 9.69 Å². The number of amides is 1. The average molecular weight is 346 g/mol. The van der Waals surface area contributed by atoms with Crippen LogP contribution >= 0.6 is 11.3 Å². The molecule has 0 aliphatic carbocycles. The monoisotopic (exact) mass is 346 g/mol. The zero-order valence-electron chi connectivity index (χ0n) is 13.9. The van der Waals surface area contributed by atoms with E-state index in [2.05, 4.69) is 31.6 Å². The van der Waals surface area contributed by atoms with Crippen molar-refractivity contribution in [3.63, 3.8) is 0 Å². The summed E-state index contributed by atoms with van der Waals surface area (Å²) in [5.74, 6) is 0.926. The topological polar surface area (TPSA) is 62.6 Å². The van der Waals surface area contributed by atoms with Crippen molar-refractivity contribution >= 4 is 23.2 Å². The summed E-state index contributed by atoms with van der Waals surface area (Å²) >= 11 is 1.74. The average Bonchev–Trinajstić information content (AvgIpc) is 3.15. The van der Waals surface area contributed by atoms with Crippen LogP contribution in [0.4, 0.5) is 5.95 Å². The summed E-state index contributed by atoms with van der Waals surface area (Å²) in [5.41, 5.74) is 0. The Kier molecular flexibility index (Phi) is 5.77. The van der Waals surface area contributed by atoms with E-state index in [4.69, 9.17) is 0 Å². The maximum atomic E-state index is 12.4. The Morgan fingerprint density at radius 3 is 2.75 bits per heavy atom. The number of quaternary nitrogens is 1. The molecule has 7 heteroatoms. The van der Waals surface area contributed by atoms with Gasteiger partial charge in [0.25, 0.3) is 5.91 Å². The van der Waals surface area contributed by atoms with Crippen molar-refractivity contribution in [3.05, 3.63) is 40.8 Å². The third-order valence-corrected chi connectivity index (χ3v) is 5.43. The van der Waals surface area contributed by atoms with Gasteiger partial charge in [-0.2, -0.15) is 0 Å². The first-order chi connectivity index (χ1) is 11.7. The van der Waals surface area contributed by atoms with E-state index in [1.54, 1.807) is 23.7 Å². The molecular weight excluding hydrogens is 322 g/mol. The second-order valence-electron chi connectivity index (χ2n) is 6.04. The van der Waals surface area contributed by atoms with Crippen LogP contribution < -0.4 is 15.1 Å². The zero-order valence-corrected chi connectivity index (χ0v) is 14.8. The van der Waals surface area contributed by atoms with Crippen LogP contribution in [0, 0.1) is 0 Å². The van der Waals surface area contributed by atoms with Gasteiger partial charge in [-0.05, 0) is 30.9 Å². The zero-order chi connectivity index (χ0) is 16.8. The highest BCUT2D eigenvalue weighted by atomic mass is 32.1. The number of carbonyl (C=O) groups excluding carboxylic acids is 1. The molecule has 1 aliphatic rings. The van der Waals surface area contributed by atoms with Crippen LogP contribution in [0.3, 0.4) is 0 Å². The molecule has 1 amide bonds. The lowest BCUT2D eigenvalue weighted by molar-refractivity contribution is -0.914. The first-order valence-electron chi connectivity index (χ1n) is 8.40. The molecule has 2 aromatic heterocycles. The van der Waals surface area contributed by atoms with Gasteiger partial charge in [0.1, 0.15) is 0 Å². The SMILES string of the molecule is C[C@@H](C(=O)NCCc1cccs1)[NH+]1CCN(c2ncccn2)CC1. The van der Waals surface area contributed by atoms with Gasteiger partial charge in [0.15, 0.2) is 6.04 Å². The molecule has 0 spiro atoms. The molecule has 0 unspecified atom stereocenters. The summed E-state index contributed by atoms with van der Waals surface area (Å²) in [4.78, 5) is 25.8. The summed E-state index contributed by atoms with van der Waals surface area (Å²) < 4.78 is 0. The number of thiophene rings is 1. The fourth-order valence-corrected chi connectivity index (χ4v) is 3.69. The lowest BCUT2D eigenvalue weighted by Gasteiger charge is -2.34. The third kappa shape index (κ3) is 4.30. The largest absolute Gasteiger partial charge is 0.351 e. The number of rotatable bonds is 6. The number of nitrogens with one attached hydrogen (secondary N) is 2. The summed E-state index contributed by atoms with van der Waals surface area (Å²) in [5, 5.41) is 5.14. The normalized spacial score (nSPS) is 16.8. The van der Waals surface area contributed by atoms with E-state index in [0.717, 1.165) is 38.5 Å². The van der Waals surface area contributed by atoms with E-state index in [-0.39, 0.29) is 11.9 Å². The van der Waals surface area contributed by atoms with Crippen molar-refractivity contribution in [1.29, 1.82) is 0 Å². The van der Waals surface area contributed by atoms with E-state index >= 15 is 0 Å². The summed E-state index contributed by atoms with van der Waals surface area (Å²) in [6, 6.07) is 5.96. The second kappa shape index (κ2) is 8.21. The highest BCUT2D eigenvalue weighted by Crippen LogP contribution is 2.08. The van der Waals surface area contributed by atoms with E-state index in [9.17, 15) is 4.79 Å². The van der Waals surface area contributed by atoms with Crippen LogP contribution in [-0.4, -0.2) is 54.6 Å². The van der Waals surface area contributed by atoms with E-state index in [1.807, 2.05) is 19.1 Å². The molecule has 0 radical (unpaired) electrons. The van der Waals surface area contributed by atoms with Gasteiger partial charge in [-0.3, -0.25) is 4.79 Å². The number of nitrogens with zero attached hydrogens (tertiary/aromatic N) is 3. The lowest BCUT2D eigenvalue weighted by atomic mass is 10.2. The standard InChI is InChI=1S/C17H23N5OS/c1-14(16(23)18-8-5-15-4-2-13-24-15)21-9-11-22(12-10-21)17-19-6-3-7-20-17/h2-4,6-7,13-14H,5,8-12H2,1H3,(H,18,23)/p+1/t14-/m0/s1. The molecule has 1 atom stereocenters. The van der Waals surface area contributed by atoms with Crippen LogP contribution in [0.2, 0.25) is 0 Å². The quantitative estimate of drug-likeness (QED) is 0.772. The van der Waals surface area contributed by atoms with Crippen molar-refractivity contribution in [2.24, 2.45) is 0 Å². The Bertz CT molecular complexity index is 626. The Morgan fingerprint density at radius 2 is 2.08 bits per heavy atom. The summed E-state index contributed by atoms with van der Waals surface area (Å²) in [6.45, 7) is 6.35. The second-order valence-corrected chi connectivity index (χ2v) is 7.07. The van der Waals surface area contributed by atoms with Crippen molar-refractivity contribution in [2.75, 3.05) is 37.6 Å². The summed E-state index contributed by atoms with van der Waals surface area (Å²) in [7, 11) is 0. The summed E-state index contributed by atoms with van der Waals surface area (Å²) in [6.07, 6.45) is 4.45. The smallest absolute Gasteiger partial charge is 0.278 e. The molecule has 6 nitrogen and oxygen atoms in total. The Labute approximate surface area is 146 Å². The fourth-order valence-electron chi connectivity index (χ4n) is 2.98. The molecule has 3 heterocycles. The number of aromatic nitrogens is 2. The van der Waals surface area contributed by atoms with E-state index in [1.165, 1.54) is 9.78 Å². The first kappa shape index (κ1) is 16.9. The van der Waals surface area contributed by atoms with Crippen LogP contribution in [0.1, 0.15) is 11.8 Å². The van der Waals surface area contributed by atoms with Gasteiger partial charge in [0.05, 0.1) is 26.2 Å². The number of anilines is 1. The van der Waals surface area contributed by atoms with Gasteiger partial charge >= 0.3 is 0 Å². The molecule has 128 valence electrons. The minimum absolute atomic E-state index is 0.0211. The van der Waals surface area contributed by atoms with Crippen LogP contribution in [-0.2, 0) is 11.2 Å². The molecule has 1 fully saturated rings. The molecule has 1 aliphatic heterocycles. The molecular formula is C17H24N5OS+. The van der Waals surface area contributed by atoms with Crippen molar-refractivity contribution in [2.45, 2.75) is 19.4 Å². The minimum atomic E-state index is -0.0211.